The molecule has 1 saturated carbocycles. The number of unbranched alkanes of at least 4 members (excludes halogenated alkanes) is 1. The summed E-state index contributed by atoms with van der Waals surface area (Å²) in [5.41, 5.74) is -1.56. The van der Waals surface area contributed by atoms with Crippen LogP contribution in [-0.2, 0) is 24.0 Å². The van der Waals surface area contributed by atoms with E-state index >= 15 is 0 Å². The van der Waals surface area contributed by atoms with Crippen molar-refractivity contribution in [1.29, 1.82) is 0 Å². The number of carbonyl (C=O) groups is 7. The zero-order chi connectivity index (χ0) is 37.9. The van der Waals surface area contributed by atoms with Gasteiger partial charge in [-0.05, 0) is 34.5 Å². The van der Waals surface area contributed by atoms with Gasteiger partial charge >= 0.3 is 12.1 Å². The molecule has 6 atom stereocenters. The van der Waals surface area contributed by atoms with E-state index in [1.807, 2.05) is 62.3 Å². The van der Waals surface area contributed by atoms with Crippen molar-refractivity contribution in [3.8, 4) is 0 Å². The van der Waals surface area contributed by atoms with Gasteiger partial charge in [0.2, 0.25) is 23.5 Å². The third-order valence-electron chi connectivity index (χ3n) is 10.5. The smallest absolute Gasteiger partial charge is 0.326 e. The lowest BCUT2D eigenvalue weighted by Gasteiger charge is -2.40. The summed E-state index contributed by atoms with van der Waals surface area (Å²) < 4.78 is 0. The highest BCUT2D eigenvalue weighted by Gasteiger charge is 2.70. The Balaban J connectivity index is 1.83. The summed E-state index contributed by atoms with van der Waals surface area (Å²) in [6.07, 6.45) is 3.27. The summed E-state index contributed by atoms with van der Waals surface area (Å²) in [7, 11) is 1.62. The van der Waals surface area contributed by atoms with Crippen LogP contribution in [0.15, 0.2) is 12.7 Å². The Morgan fingerprint density at radius 1 is 1.00 bits per heavy atom. The number of imide groups is 1. The first-order valence-corrected chi connectivity index (χ1v) is 17.7. The molecule has 4 N–H and O–H groups in total. The first-order valence-electron chi connectivity index (χ1n) is 17.7. The van der Waals surface area contributed by atoms with Crippen molar-refractivity contribution in [2.75, 3.05) is 33.2 Å². The maximum atomic E-state index is 14.4. The number of urea groups is 2. The molecule has 3 fully saturated rings. The minimum atomic E-state index is -1.06. The molecule has 14 nitrogen and oxygen atoms in total. The Morgan fingerprint density at radius 2 is 1.64 bits per heavy atom. The fourth-order valence-electron chi connectivity index (χ4n) is 7.01. The van der Waals surface area contributed by atoms with Crippen LogP contribution in [0.1, 0.15) is 88.0 Å². The molecule has 2 aliphatic heterocycles. The van der Waals surface area contributed by atoms with Crippen LogP contribution in [0.5, 0.6) is 0 Å². The fourth-order valence-corrected chi connectivity index (χ4v) is 7.01. The van der Waals surface area contributed by atoms with Crippen molar-refractivity contribution in [3.63, 3.8) is 0 Å². The van der Waals surface area contributed by atoms with E-state index in [0.29, 0.717) is 19.5 Å². The molecule has 1 aliphatic carbocycles. The predicted molar refractivity (Wildman–Crippen MR) is 188 cm³/mol. The number of nitrogens with one attached hydrogen (secondary N) is 4. The SMILES string of the molecule is C=CCNC(=O)C(=O)C(CCCC)NC(=O)[C@@H]1[C@@H]2[C@H](CN1C(=O)[C@@H](NC(=O)N[C@@H](CN1C(=O)CCN(C)C1=O)C(C)(C)C)C(C)(C)C)C2(C)C. The van der Waals surface area contributed by atoms with Gasteiger partial charge in [0.05, 0.1) is 18.6 Å². The van der Waals surface area contributed by atoms with E-state index in [1.54, 1.807) is 7.05 Å². The van der Waals surface area contributed by atoms with Crippen LogP contribution < -0.4 is 21.3 Å². The zero-order valence-electron chi connectivity index (χ0n) is 31.6. The van der Waals surface area contributed by atoms with Gasteiger partial charge in [-0.1, -0.05) is 81.2 Å². The monoisotopic (exact) mass is 701 g/mol. The van der Waals surface area contributed by atoms with Crippen molar-refractivity contribution < 1.29 is 33.6 Å². The number of Topliss-reactive ketones (excluding diaryl/α,β-unsaturated/α-hetero) is 1. The van der Waals surface area contributed by atoms with Crippen LogP contribution >= 0.6 is 0 Å². The highest BCUT2D eigenvalue weighted by Crippen LogP contribution is 2.65. The Hall–Kier alpha value is -3.97. The number of piperidine rings is 1. The van der Waals surface area contributed by atoms with Gasteiger partial charge in [-0.2, -0.15) is 0 Å². The maximum absolute atomic E-state index is 14.4. The lowest BCUT2D eigenvalue weighted by atomic mass is 9.84. The molecule has 1 unspecified atom stereocenters. The molecular formula is C36H59N7O7. The third-order valence-corrected chi connectivity index (χ3v) is 10.5. The van der Waals surface area contributed by atoms with Crippen molar-refractivity contribution in [2.24, 2.45) is 28.1 Å². The standard InChI is InChI=1S/C36H59N7O7/c1-12-14-15-22(27(45)30(47)37-17-13-2)38-29(46)26-25-21(36(25,9)10)19-43(26)31(48)28(35(6,7)8)40-32(49)39-23(34(3,4)5)20-42-24(44)16-18-41(11)33(42)50/h13,21-23,25-26,28H,2,12,14-20H2,1,3-11H3,(H,37,47)(H,38,46)(H2,39,40,49)/t21-,22?,23-,25-,26-,28+/m0/s1. The normalized spacial score (nSPS) is 23.3. The number of amides is 8. The lowest BCUT2D eigenvalue weighted by Crippen LogP contribution is -2.63. The highest BCUT2D eigenvalue weighted by molar-refractivity contribution is 6.38. The molecular weight excluding hydrogens is 642 g/mol. The molecule has 8 amide bonds. The largest absolute Gasteiger partial charge is 0.346 e. The van der Waals surface area contributed by atoms with E-state index in [0.717, 1.165) is 11.3 Å². The second-order valence-electron chi connectivity index (χ2n) is 16.7. The summed E-state index contributed by atoms with van der Waals surface area (Å²) in [6, 6.07) is -4.73. The summed E-state index contributed by atoms with van der Waals surface area (Å²) in [4.78, 5) is 97.3. The number of ketones is 1. The minimum Gasteiger partial charge on any atom is -0.346 e. The second kappa shape index (κ2) is 15.5. The average molecular weight is 702 g/mol. The van der Waals surface area contributed by atoms with Crippen LogP contribution in [0.2, 0.25) is 0 Å². The zero-order valence-corrected chi connectivity index (χ0v) is 31.6. The summed E-state index contributed by atoms with van der Waals surface area (Å²) in [5, 5.41) is 11.1. The van der Waals surface area contributed by atoms with Crippen LogP contribution in [0.25, 0.3) is 0 Å². The topological polar surface area (TPSA) is 177 Å². The minimum absolute atomic E-state index is 0.0383. The van der Waals surface area contributed by atoms with Gasteiger partial charge in [-0.15, -0.1) is 6.58 Å². The molecule has 3 rings (SSSR count). The third kappa shape index (κ3) is 9.03. The first-order chi connectivity index (χ1) is 23.1. The first kappa shape index (κ1) is 40.5. The molecule has 50 heavy (non-hydrogen) atoms. The quantitative estimate of drug-likeness (QED) is 0.159. The van der Waals surface area contributed by atoms with Crippen molar-refractivity contribution in [3.05, 3.63) is 12.7 Å². The number of rotatable bonds is 14. The summed E-state index contributed by atoms with van der Waals surface area (Å²) >= 11 is 0. The Morgan fingerprint density at radius 3 is 2.20 bits per heavy atom. The van der Waals surface area contributed by atoms with Crippen LogP contribution in [-0.4, -0.2) is 114 Å². The molecule has 14 heteroatoms. The second-order valence-corrected chi connectivity index (χ2v) is 16.7. The van der Waals surface area contributed by atoms with Crippen molar-refractivity contribution >= 4 is 41.5 Å². The van der Waals surface area contributed by atoms with Gasteiger partial charge in [0, 0.05) is 33.1 Å². The molecule has 0 radical (unpaired) electrons. The number of fused-ring (bicyclic) bond motifs is 1. The van der Waals surface area contributed by atoms with Gasteiger partial charge in [-0.25, -0.2) is 9.59 Å². The van der Waals surface area contributed by atoms with Gasteiger partial charge in [-0.3, -0.25) is 28.9 Å². The van der Waals surface area contributed by atoms with Gasteiger partial charge < -0.3 is 31.1 Å². The molecule has 2 saturated heterocycles. The molecule has 0 spiro atoms. The molecule has 0 aromatic carbocycles. The van der Waals surface area contributed by atoms with Gasteiger partial charge in [0.1, 0.15) is 12.1 Å². The Bertz CT molecular complexity index is 1360. The summed E-state index contributed by atoms with van der Waals surface area (Å²) in [5.74, 6) is -2.95. The Labute approximate surface area is 296 Å². The number of nitrogens with zero attached hydrogens (tertiary/aromatic N) is 3. The number of likely N-dealkylation sites (tertiary alicyclic amines) is 1. The molecule has 0 bridgehead atoms. The van der Waals surface area contributed by atoms with Crippen molar-refractivity contribution in [1.82, 2.24) is 36.0 Å². The molecule has 2 heterocycles. The average Bonchev–Trinajstić information content (AvgIpc) is 3.33. The van der Waals surface area contributed by atoms with Crippen LogP contribution in [0, 0.1) is 28.1 Å². The van der Waals surface area contributed by atoms with Gasteiger partial charge in [0.15, 0.2) is 0 Å². The van der Waals surface area contributed by atoms with E-state index in [9.17, 15) is 33.6 Å². The molecule has 280 valence electrons. The van der Waals surface area contributed by atoms with Crippen molar-refractivity contribution in [2.45, 2.75) is 112 Å². The number of carbonyl (C=O) groups excluding carboxylic acids is 7. The fraction of sp³-hybridized carbons (Fsp3) is 0.750. The van der Waals surface area contributed by atoms with Crippen LogP contribution in [0.3, 0.4) is 0 Å². The van der Waals surface area contributed by atoms with E-state index in [2.05, 4.69) is 27.8 Å². The van der Waals surface area contributed by atoms with Crippen LogP contribution in [0.4, 0.5) is 9.59 Å². The Kier molecular flexibility index (Phi) is 12.5. The lowest BCUT2D eigenvalue weighted by molar-refractivity contribution is -0.145. The molecule has 0 aromatic rings. The number of hydrogen-bond donors (Lipinski definition) is 4. The van der Waals surface area contributed by atoms with Gasteiger partial charge in [0.25, 0.3) is 5.91 Å². The van der Waals surface area contributed by atoms with E-state index in [-0.39, 0.29) is 49.1 Å². The number of hydrogen-bond acceptors (Lipinski definition) is 7. The predicted octanol–water partition coefficient (Wildman–Crippen LogP) is 2.43. The van der Waals surface area contributed by atoms with E-state index < -0.39 is 70.6 Å². The highest BCUT2D eigenvalue weighted by atomic mass is 16.2. The van der Waals surface area contributed by atoms with E-state index in [4.69, 9.17) is 0 Å². The molecule has 0 aromatic heterocycles. The maximum Gasteiger partial charge on any atom is 0.326 e. The summed E-state index contributed by atoms with van der Waals surface area (Å²) in [6.45, 7) is 21.4. The molecule has 3 aliphatic rings. The van der Waals surface area contributed by atoms with E-state index in [1.165, 1.54) is 15.9 Å².